The zero-order valence-corrected chi connectivity index (χ0v) is 14.0. The number of rotatable bonds is 4. The largest absolute Gasteiger partial charge is 0.465 e. The average Bonchev–Trinajstić information content (AvgIpc) is 2.99. The van der Waals surface area contributed by atoms with Crippen molar-refractivity contribution in [3.63, 3.8) is 0 Å². The van der Waals surface area contributed by atoms with Crippen LogP contribution in [0.2, 0.25) is 0 Å². The number of nitrogens with one attached hydrogen (secondary N) is 1. The summed E-state index contributed by atoms with van der Waals surface area (Å²) in [5.74, 6) is -1.07. The van der Waals surface area contributed by atoms with Crippen LogP contribution in [0.5, 0.6) is 0 Å². The van der Waals surface area contributed by atoms with E-state index in [1.807, 2.05) is 20.8 Å². The van der Waals surface area contributed by atoms with Gasteiger partial charge >= 0.3 is 5.97 Å². The Labute approximate surface area is 133 Å². The number of carbonyl (C=O) groups excluding carboxylic acids is 3. The Balaban J connectivity index is 2.18. The number of likely N-dealkylation sites (tertiary alicyclic amines) is 1. The molecule has 6 nitrogen and oxygen atoms in total. The average molecular weight is 324 g/mol. The molecule has 0 bridgehead atoms. The van der Waals surface area contributed by atoms with Crippen LogP contribution < -0.4 is 5.32 Å². The minimum absolute atomic E-state index is 0.00520. The van der Waals surface area contributed by atoms with Gasteiger partial charge in [0.25, 0.3) is 0 Å². The van der Waals surface area contributed by atoms with E-state index in [1.165, 1.54) is 18.4 Å². The van der Waals surface area contributed by atoms with Crippen LogP contribution in [0.25, 0.3) is 0 Å². The van der Waals surface area contributed by atoms with Gasteiger partial charge in [0, 0.05) is 24.4 Å². The highest BCUT2D eigenvalue weighted by Gasteiger charge is 2.34. The van der Waals surface area contributed by atoms with Crippen molar-refractivity contribution in [2.45, 2.75) is 27.2 Å². The maximum Gasteiger partial charge on any atom is 0.341 e. The smallest absolute Gasteiger partial charge is 0.341 e. The van der Waals surface area contributed by atoms with Crippen molar-refractivity contribution in [2.24, 2.45) is 5.92 Å². The van der Waals surface area contributed by atoms with E-state index in [0.29, 0.717) is 23.7 Å². The molecule has 2 rings (SSSR count). The van der Waals surface area contributed by atoms with Crippen LogP contribution in [-0.4, -0.2) is 42.9 Å². The maximum atomic E-state index is 12.4. The molecule has 1 fully saturated rings. The molecule has 0 saturated carbocycles. The molecule has 1 aliphatic rings. The minimum Gasteiger partial charge on any atom is -0.465 e. The summed E-state index contributed by atoms with van der Waals surface area (Å²) in [4.78, 5) is 38.6. The first-order chi connectivity index (χ1) is 10.4. The summed E-state index contributed by atoms with van der Waals surface area (Å²) < 4.78 is 4.78. The monoisotopic (exact) mass is 324 g/mol. The molecule has 0 aromatic carbocycles. The van der Waals surface area contributed by atoms with Gasteiger partial charge in [-0.15, -0.1) is 11.3 Å². The van der Waals surface area contributed by atoms with Gasteiger partial charge < -0.3 is 15.0 Å². The van der Waals surface area contributed by atoms with Crippen LogP contribution in [0, 0.1) is 19.8 Å². The number of ether oxygens (including phenoxy) is 1. The molecule has 22 heavy (non-hydrogen) atoms. The third-order valence-electron chi connectivity index (χ3n) is 3.98. The number of carbonyl (C=O) groups is 3. The summed E-state index contributed by atoms with van der Waals surface area (Å²) in [5, 5.41) is 3.29. The number of hydrogen-bond acceptors (Lipinski definition) is 5. The van der Waals surface area contributed by atoms with Gasteiger partial charge in [-0.1, -0.05) is 0 Å². The highest BCUT2D eigenvalue weighted by Crippen LogP contribution is 2.33. The molecule has 0 spiro atoms. The van der Waals surface area contributed by atoms with Crippen LogP contribution >= 0.6 is 11.3 Å². The molecule has 1 N–H and O–H groups in total. The SMILES string of the molecule is CCN1CC(C(=O)Nc2sc(C)c(C)c2C(=O)OC)CC1=O. The van der Waals surface area contributed by atoms with Crippen molar-refractivity contribution >= 4 is 34.1 Å². The number of esters is 1. The Morgan fingerprint density at radius 2 is 2.09 bits per heavy atom. The predicted octanol–water partition coefficient (Wildman–Crippen LogP) is 1.96. The third-order valence-corrected chi connectivity index (χ3v) is 5.10. The zero-order valence-electron chi connectivity index (χ0n) is 13.2. The fraction of sp³-hybridized carbons (Fsp3) is 0.533. The normalized spacial score (nSPS) is 17.7. The van der Waals surface area contributed by atoms with E-state index in [-0.39, 0.29) is 24.2 Å². The summed E-state index contributed by atoms with van der Waals surface area (Å²) in [6.45, 7) is 6.64. The quantitative estimate of drug-likeness (QED) is 0.859. The highest BCUT2D eigenvalue weighted by molar-refractivity contribution is 7.16. The van der Waals surface area contributed by atoms with E-state index < -0.39 is 5.97 Å². The predicted molar refractivity (Wildman–Crippen MR) is 84.1 cm³/mol. The van der Waals surface area contributed by atoms with E-state index in [2.05, 4.69) is 5.32 Å². The summed E-state index contributed by atoms with van der Waals surface area (Å²) >= 11 is 1.35. The van der Waals surface area contributed by atoms with Crippen molar-refractivity contribution in [2.75, 3.05) is 25.5 Å². The second kappa shape index (κ2) is 6.48. The lowest BCUT2D eigenvalue weighted by atomic mass is 10.1. The Kier molecular flexibility index (Phi) is 4.85. The number of hydrogen-bond donors (Lipinski definition) is 1. The van der Waals surface area contributed by atoms with Crippen LogP contribution in [0.15, 0.2) is 0 Å². The fourth-order valence-corrected chi connectivity index (χ4v) is 3.58. The molecular formula is C15H20N2O4S. The zero-order chi connectivity index (χ0) is 16.4. The van der Waals surface area contributed by atoms with Crippen molar-refractivity contribution in [1.82, 2.24) is 4.90 Å². The summed E-state index contributed by atoms with van der Waals surface area (Å²) in [6.07, 6.45) is 0.219. The molecule has 1 unspecified atom stereocenters. The van der Waals surface area contributed by atoms with Gasteiger partial charge in [-0.2, -0.15) is 0 Å². The molecule has 2 heterocycles. The van der Waals surface area contributed by atoms with Crippen LogP contribution in [0.3, 0.4) is 0 Å². The van der Waals surface area contributed by atoms with Crippen LogP contribution in [0.4, 0.5) is 5.00 Å². The fourth-order valence-electron chi connectivity index (χ4n) is 2.53. The lowest BCUT2D eigenvalue weighted by Crippen LogP contribution is -2.28. The number of nitrogens with zero attached hydrogens (tertiary/aromatic N) is 1. The number of thiophene rings is 1. The number of amides is 2. The van der Waals surface area contributed by atoms with Gasteiger partial charge in [0.2, 0.25) is 11.8 Å². The Bertz CT molecular complexity index is 623. The maximum absolute atomic E-state index is 12.4. The molecule has 2 amide bonds. The Morgan fingerprint density at radius 3 is 2.64 bits per heavy atom. The lowest BCUT2D eigenvalue weighted by Gasteiger charge is -2.13. The van der Waals surface area contributed by atoms with Crippen molar-refractivity contribution in [3.8, 4) is 0 Å². The van der Waals surface area contributed by atoms with Crippen molar-refractivity contribution in [3.05, 3.63) is 16.0 Å². The lowest BCUT2D eigenvalue weighted by molar-refractivity contribution is -0.128. The second-order valence-electron chi connectivity index (χ2n) is 5.30. The van der Waals surface area contributed by atoms with Crippen molar-refractivity contribution < 1.29 is 19.1 Å². The first-order valence-corrected chi connectivity index (χ1v) is 7.97. The molecule has 0 aliphatic carbocycles. The molecule has 7 heteroatoms. The van der Waals surface area contributed by atoms with Gasteiger partial charge in [-0.05, 0) is 26.3 Å². The van der Waals surface area contributed by atoms with E-state index in [1.54, 1.807) is 4.90 Å². The highest BCUT2D eigenvalue weighted by atomic mass is 32.1. The second-order valence-corrected chi connectivity index (χ2v) is 6.53. The molecule has 1 saturated heterocycles. The summed E-state index contributed by atoms with van der Waals surface area (Å²) in [7, 11) is 1.31. The first kappa shape index (κ1) is 16.5. The van der Waals surface area contributed by atoms with Crippen molar-refractivity contribution in [1.29, 1.82) is 0 Å². The van der Waals surface area contributed by atoms with E-state index in [4.69, 9.17) is 4.74 Å². The summed E-state index contributed by atoms with van der Waals surface area (Å²) in [6, 6.07) is 0. The Morgan fingerprint density at radius 1 is 1.41 bits per heavy atom. The van der Waals surface area contributed by atoms with Gasteiger partial charge in [0.1, 0.15) is 5.00 Å². The van der Waals surface area contributed by atoms with E-state index in [0.717, 1.165) is 10.4 Å². The van der Waals surface area contributed by atoms with Crippen LogP contribution in [0.1, 0.15) is 34.1 Å². The summed E-state index contributed by atoms with van der Waals surface area (Å²) in [5.41, 5.74) is 1.21. The third kappa shape index (κ3) is 2.99. The molecule has 0 radical (unpaired) electrons. The van der Waals surface area contributed by atoms with Crippen LogP contribution in [-0.2, 0) is 14.3 Å². The van der Waals surface area contributed by atoms with E-state index in [9.17, 15) is 14.4 Å². The molecule has 1 aromatic heterocycles. The number of aryl methyl sites for hydroxylation is 1. The molecular weight excluding hydrogens is 304 g/mol. The molecule has 1 aromatic rings. The molecule has 1 atom stereocenters. The standard InChI is InChI=1S/C15H20N2O4S/c1-5-17-7-10(6-11(17)18)13(19)16-14-12(15(20)21-4)8(2)9(3)22-14/h10H,5-7H2,1-4H3,(H,16,19). The van der Waals surface area contributed by atoms with Gasteiger partial charge in [-0.25, -0.2) is 4.79 Å². The van der Waals surface area contributed by atoms with E-state index >= 15 is 0 Å². The minimum atomic E-state index is -0.463. The number of methoxy groups -OCH3 is 1. The molecule has 120 valence electrons. The topological polar surface area (TPSA) is 75.7 Å². The van der Waals surface area contributed by atoms with Gasteiger partial charge in [0.05, 0.1) is 18.6 Å². The van der Waals surface area contributed by atoms with Gasteiger partial charge in [-0.3, -0.25) is 9.59 Å². The first-order valence-electron chi connectivity index (χ1n) is 7.15. The number of anilines is 1. The van der Waals surface area contributed by atoms with Gasteiger partial charge in [0.15, 0.2) is 0 Å². The Hall–Kier alpha value is -1.89. The molecule has 1 aliphatic heterocycles.